The van der Waals surface area contributed by atoms with Gasteiger partial charge in [0.05, 0.1) is 39.8 Å². The number of aromatic nitrogens is 2. The summed E-state index contributed by atoms with van der Waals surface area (Å²) >= 11 is 0. The van der Waals surface area contributed by atoms with Gasteiger partial charge < -0.3 is 29.3 Å². The van der Waals surface area contributed by atoms with Crippen LogP contribution < -0.4 is 24.4 Å². The molecule has 1 N–H and O–H groups in total. The SMILES string of the molecule is CCNC(=NCc1cc(OC)c(OC)cc1OC)N1CCN(c2cnn(C)c2)C(=O)C1. The van der Waals surface area contributed by atoms with Crippen molar-refractivity contribution < 1.29 is 19.0 Å². The maximum Gasteiger partial charge on any atom is 0.246 e. The van der Waals surface area contributed by atoms with Crippen molar-refractivity contribution in [1.82, 2.24) is 20.0 Å². The van der Waals surface area contributed by atoms with Crippen molar-refractivity contribution in [1.29, 1.82) is 0 Å². The maximum atomic E-state index is 12.8. The second-order valence-corrected chi connectivity index (χ2v) is 7.03. The molecule has 0 aliphatic carbocycles. The molecule has 1 amide bonds. The van der Waals surface area contributed by atoms with Crippen molar-refractivity contribution in [2.45, 2.75) is 13.5 Å². The van der Waals surface area contributed by atoms with Gasteiger partial charge >= 0.3 is 0 Å². The van der Waals surface area contributed by atoms with E-state index in [1.54, 1.807) is 43.2 Å². The molecule has 0 bridgehead atoms. The van der Waals surface area contributed by atoms with Crippen LogP contribution in [0.5, 0.6) is 17.2 Å². The molecule has 10 heteroatoms. The van der Waals surface area contributed by atoms with Gasteiger partial charge in [-0.1, -0.05) is 0 Å². The largest absolute Gasteiger partial charge is 0.496 e. The zero-order valence-electron chi connectivity index (χ0n) is 18.7. The van der Waals surface area contributed by atoms with Gasteiger partial charge in [0.1, 0.15) is 12.3 Å². The van der Waals surface area contributed by atoms with E-state index < -0.39 is 0 Å². The average Bonchev–Trinajstić information content (AvgIpc) is 3.21. The van der Waals surface area contributed by atoms with Crippen molar-refractivity contribution >= 4 is 17.6 Å². The highest BCUT2D eigenvalue weighted by molar-refractivity contribution is 5.98. The number of anilines is 1. The maximum absolute atomic E-state index is 12.8. The van der Waals surface area contributed by atoms with E-state index in [0.717, 1.165) is 11.3 Å². The Hall–Kier alpha value is -3.43. The number of rotatable bonds is 7. The van der Waals surface area contributed by atoms with Crippen molar-refractivity contribution in [3.05, 3.63) is 30.1 Å². The third kappa shape index (κ3) is 5.01. The van der Waals surface area contributed by atoms with E-state index in [1.807, 2.05) is 31.1 Å². The number of aryl methyl sites for hydroxylation is 1. The Balaban J connectivity index is 1.77. The molecule has 1 aromatic heterocycles. The summed E-state index contributed by atoms with van der Waals surface area (Å²) in [5, 5.41) is 7.44. The number of hydrogen-bond donors (Lipinski definition) is 1. The third-order valence-electron chi connectivity index (χ3n) is 5.04. The van der Waals surface area contributed by atoms with Crippen molar-refractivity contribution in [2.24, 2.45) is 12.0 Å². The smallest absolute Gasteiger partial charge is 0.246 e. The number of nitrogens with one attached hydrogen (secondary N) is 1. The molecule has 0 spiro atoms. The van der Waals surface area contributed by atoms with Crippen LogP contribution in [0.1, 0.15) is 12.5 Å². The highest BCUT2D eigenvalue weighted by atomic mass is 16.5. The lowest BCUT2D eigenvalue weighted by molar-refractivity contribution is -0.120. The first-order valence-corrected chi connectivity index (χ1v) is 10.1. The van der Waals surface area contributed by atoms with E-state index in [-0.39, 0.29) is 12.5 Å². The van der Waals surface area contributed by atoms with E-state index in [1.165, 1.54) is 0 Å². The normalized spacial score (nSPS) is 14.6. The summed E-state index contributed by atoms with van der Waals surface area (Å²) in [6.07, 6.45) is 3.55. The van der Waals surface area contributed by atoms with Crippen molar-refractivity contribution in [2.75, 3.05) is 52.4 Å². The lowest BCUT2D eigenvalue weighted by Crippen LogP contribution is -2.55. The molecule has 10 nitrogen and oxygen atoms in total. The lowest BCUT2D eigenvalue weighted by atomic mass is 10.1. The summed E-state index contributed by atoms with van der Waals surface area (Å²) in [4.78, 5) is 21.2. The average molecular weight is 431 g/mol. The molecule has 1 aliphatic heterocycles. The lowest BCUT2D eigenvalue weighted by Gasteiger charge is -2.35. The predicted octanol–water partition coefficient (Wildman–Crippen LogP) is 1.26. The first kappa shape index (κ1) is 22.3. The standard InChI is InChI=1S/C21H30N6O4/c1-6-22-21(23-11-15-9-18(30-4)19(31-5)10-17(15)29-3)26-7-8-27(20(28)14-26)16-12-24-25(2)13-16/h9-10,12-13H,6-8,11,14H2,1-5H3,(H,22,23). The number of piperazine rings is 1. The van der Waals surface area contributed by atoms with E-state index in [2.05, 4.69) is 10.4 Å². The van der Waals surface area contributed by atoms with Gasteiger partial charge in [-0.25, -0.2) is 4.99 Å². The number of carbonyl (C=O) groups excluding carboxylic acids is 1. The Morgan fingerprint density at radius 3 is 2.42 bits per heavy atom. The highest BCUT2D eigenvalue weighted by Crippen LogP contribution is 2.35. The van der Waals surface area contributed by atoms with Crippen LogP contribution in [0.25, 0.3) is 0 Å². The Morgan fingerprint density at radius 2 is 1.84 bits per heavy atom. The molecule has 168 valence electrons. The number of hydrogen-bond acceptors (Lipinski definition) is 6. The number of ether oxygens (including phenoxy) is 3. The monoisotopic (exact) mass is 430 g/mol. The molecular weight excluding hydrogens is 400 g/mol. The fraction of sp³-hybridized carbons (Fsp3) is 0.476. The predicted molar refractivity (Wildman–Crippen MR) is 118 cm³/mol. The van der Waals surface area contributed by atoms with Gasteiger partial charge in [-0.15, -0.1) is 0 Å². The fourth-order valence-corrected chi connectivity index (χ4v) is 3.48. The zero-order valence-corrected chi connectivity index (χ0v) is 18.7. The molecule has 2 aromatic rings. The third-order valence-corrected chi connectivity index (χ3v) is 5.04. The molecule has 1 aromatic carbocycles. The molecule has 0 saturated carbocycles. The first-order chi connectivity index (χ1) is 15.0. The van der Waals surface area contributed by atoms with Gasteiger partial charge in [0.15, 0.2) is 17.5 Å². The van der Waals surface area contributed by atoms with Crippen LogP contribution >= 0.6 is 0 Å². The van der Waals surface area contributed by atoms with Crippen LogP contribution in [0.15, 0.2) is 29.5 Å². The van der Waals surface area contributed by atoms with Crippen LogP contribution in [-0.4, -0.2) is 74.1 Å². The number of methoxy groups -OCH3 is 3. The second-order valence-electron chi connectivity index (χ2n) is 7.03. The summed E-state index contributed by atoms with van der Waals surface area (Å²) < 4.78 is 17.9. The van der Waals surface area contributed by atoms with Crippen molar-refractivity contribution in [3.63, 3.8) is 0 Å². The number of aliphatic imine (C=N–C) groups is 1. The molecule has 0 unspecified atom stereocenters. The molecule has 1 aliphatic rings. The number of guanidine groups is 1. The van der Waals surface area contributed by atoms with Gasteiger partial charge in [-0.2, -0.15) is 5.10 Å². The minimum absolute atomic E-state index is 0.00792. The quantitative estimate of drug-likeness (QED) is 0.522. The Labute approximate surface area is 182 Å². The fourth-order valence-electron chi connectivity index (χ4n) is 3.48. The summed E-state index contributed by atoms with van der Waals surface area (Å²) in [6.45, 7) is 4.52. The molecule has 0 atom stereocenters. The number of amides is 1. The second kappa shape index (κ2) is 10.1. The summed E-state index contributed by atoms with van der Waals surface area (Å²) in [5.41, 5.74) is 1.67. The number of benzene rings is 1. The Kier molecular flexibility index (Phi) is 7.22. The van der Waals surface area contributed by atoms with Crippen molar-refractivity contribution in [3.8, 4) is 17.2 Å². The Morgan fingerprint density at radius 1 is 1.13 bits per heavy atom. The summed E-state index contributed by atoms with van der Waals surface area (Å²) in [5.74, 6) is 2.55. The minimum Gasteiger partial charge on any atom is -0.496 e. The molecule has 1 saturated heterocycles. The topological polar surface area (TPSA) is 93.5 Å². The van der Waals surface area contributed by atoms with Crippen LogP contribution in [0.4, 0.5) is 5.69 Å². The summed E-state index contributed by atoms with van der Waals surface area (Å²) in [6, 6.07) is 3.64. The molecule has 3 rings (SSSR count). The van der Waals surface area contributed by atoms with Gasteiger partial charge in [-0.05, 0) is 13.0 Å². The number of carbonyl (C=O) groups is 1. The van der Waals surface area contributed by atoms with Gasteiger partial charge in [0.25, 0.3) is 0 Å². The van der Waals surface area contributed by atoms with E-state index in [0.29, 0.717) is 49.4 Å². The summed E-state index contributed by atoms with van der Waals surface area (Å²) in [7, 11) is 6.62. The van der Waals surface area contributed by atoms with Crippen LogP contribution in [0.2, 0.25) is 0 Å². The molecule has 0 radical (unpaired) electrons. The molecular formula is C21H30N6O4. The molecule has 1 fully saturated rings. The van der Waals surface area contributed by atoms with Gasteiger partial charge in [0, 0.05) is 44.5 Å². The Bertz CT molecular complexity index is 942. The van der Waals surface area contributed by atoms with Crippen LogP contribution in [0, 0.1) is 0 Å². The molecule has 2 heterocycles. The zero-order chi connectivity index (χ0) is 22.4. The van der Waals surface area contributed by atoms with Gasteiger partial charge in [0.2, 0.25) is 5.91 Å². The van der Waals surface area contributed by atoms with Gasteiger partial charge in [-0.3, -0.25) is 9.48 Å². The highest BCUT2D eigenvalue weighted by Gasteiger charge is 2.27. The first-order valence-electron chi connectivity index (χ1n) is 10.1. The van der Waals surface area contributed by atoms with Crippen LogP contribution in [0.3, 0.4) is 0 Å². The minimum atomic E-state index is 0.00792. The number of nitrogens with zero attached hydrogens (tertiary/aromatic N) is 5. The van der Waals surface area contributed by atoms with E-state index in [4.69, 9.17) is 19.2 Å². The van der Waals surface area contributed by atoms with Crippen LogP contribution in [-0.2, 0) is 18.4 Å². The van der Waals surface area contributed by atoms with E-state index in [9.17, 15) is 4.79 Å². The molecule has 31 heavy (non-hydrogen) atoms. The van der Waals surface area contributed by atoms with E-state index >= 15 is 0 Å².